The number of alkyl halides is 1. The minimum atomic E-state index is -0.216. The first-order valence-electron chi connectivity index (χ1n) is 5.62. The maximum Gasteiger partial charge on any atom is 0.0965 e. The molecule has 2 heteroatoms. The van der Waals surface area contributed by atoms with E-state index in [2.05, 4.69) is 15.9 Å². The summed E-state index contributed by atoms with van der Waals surface area (Å²) in [7, 11) is 0. The van der Waals surface area contributed by atoms with Crippen molar-refractivity contribution >= 4 is 15.9 Å². The second-order valence-corrected chi connectivity index (χ2v) is 5.27. The molecule has 0 radical (unpaired) electrons. The molecule has 0 heterocycles. The highest BCUT2D eigenvalue weighted by Crippen LogP contribution is 2.37. The molecule has 0 aliphatic heterocycles. The normalized spacial score (nSPS) is 19.3. The molecular weight excluding hydrogens is 255 g/mol. The van der Waals surface area contributed by atoms with Crippen LogP contribution in [0.4, 0.5) is 4.39 Å². The molecule has 0 nitrogen and oxygen atoms in total. The summed E-state index contributed by atoms with van der Waals surface area (Å²) in [5.41, 5.74) is 1.16. The summed E-state index contributed by atoms with van der Waals surface area (Å²) in [6.45, 7) is -0.216. The maximum absolute atomic E-state index is 13.1. The minimum Gasteiger partial charge on any atom is -0.250 e. The molecule has 82 valence electrons. The Kier molecular flexibility index (Phi) is 3.79. The molecule has 0 bridgehead atoms. The topological polar surface area (TPSA) is 0 Å². The Morgan fingerprint density at radius 2 is 1.80 bits per heavy atom. The standard InChI is InChI=1S/C13H16BrF/c14-12-7-5-11(6-8-12)13(9-15)10-3-1-2-4-10/h5-8,10,13H,1-4,9H2. The van der Waals surface area contributed by atoms with Crippen LogP contribution in [0, 0.1) is 5.92 Å². The lowest BCUT2D eigenvalue weighted by Gasteiger charge is -2.20. The van der Waals surface area contributed by atoms with Gasteiger partial charge in [-0.3, -0.25) is 4.39 Å². The summed E-state index contributed by atoms with van der Waals surface area (Å²) in [4.78, 5) is 0. The number of rotatable bonds is 3. The van der Waals surface area contributed by atoms with Gasteiger partial charge in [-0.2, -0.15) is 0 Å². The lowest BCUT2D eigenvalue weighted by Crippen LogP contribution is -2.11. The lowest BCUT2D eigenvalue weighted by molar-refractivity contribution is 0.337. The molecule has 1 fully saturated rings. The van der Waals surface area contributed by atoms with Crippen LogP contribution in [-0.2, 0) is 0 Å². The third kappa shape index (κ3) is 2.60. The molecule has 2 rings (SSSR count). The molecule has 0 spiro atoms. The van der Waals surface area contributed by atoms with Crippen molar-refractivity contribution in [1.29, 1.82) is 0 Å². The molecule has 1 aliphatic carbocycles. The van der Waals surface area contributed by atoms with E-state index in [4.69, 9.17) is 0 Å². The molecule has 1 atom stereocenters. The van der Waals surface area contributed by atoms with E-state index in [0.29, 0.717) is 5.92 Å². The zero-order valence-corrected chi connectivity index (χ0v) is 10.3. The Hall–Kier alpha value is -0.370. The van der Waals surface area contributed by atoms with Crippen LogP contribution in [-0.4, -0.2) is 6.67 Å². The zero-order valence-electron chi connectivity index (χ0n) is 8.76. The van der Waals surface area contributed by atoms with Gasteiger partial charge in [0.15, 0.2) is 0 Å². The van der Waals surface area contributed by atoms with E-state index in [-0.39, 0.29) is 12.6 Å². The first-order valence-corrected chi connectivity index (χ1v) is 6.42. The fraction of sp³-hybridized carbons (Fsp3) is 0.538. The molecule has 15 heavy (non-hydrogen) atoms. The molecule has 0 saturated heterocycles. The van der Waals surface area contributed by atoms with Gasteiger partial charge in [-0.15, -0.1) is 0 Å². The van der Waals surface area contributed by atoms with Crippen LogP contribution in [0.5, 0.6) is 0 Å². The van der Waals surface area contributed by atoms with E-state index in [1.54, 1.807) is 0 Å². The van der Waals surface area contributed by atoms with Crippen molar-refractivity contribution in [3.05, 3.63) is 34.3 Å². The van der Waals surface area contributed by atoms with E-state index in [1.807, 2.05) is 24.3 Å². The number of halogens is 2. The molecular formula is C13H16BrF. The predicted octanol–water partition coefficient (Wildman–Crippen LogP) is 4.69. The van der Waals surface area contributed by atoms with Crippen LogP contribution in [0.1, 0.15) is 37.2 Å². The third-order valence-electron chi connectivity index (χ3n) is 3.43. The fourth-order valence-electron chi connectivity index (χ4n) is 2.56. The van der Waals surface area contributed by atoms with Crippen molar-refractivity contribution in [3.8, 4) is 0 Å². The summed E-state index contributed by atoms with van der Waals surface area (Å²) in [6.07, 6.45) is 4.95. The monoisotopic (exact) mass is 270 g/mol. The van der Waals surface area contributed by atoms with Crippen LogP contribution < -0.4 is 0 Å². The van der Waals surface area contributed by atoms with Gasteiger partial charge in [0.05, 0.1) is 6.67 Å². The first kappa shape index (κ1) is 11.1. The Balaban J connectivity index is 2.14. The van der Waals surface area contributed by atoms with Crippen LogP contribution in [0.15, 0.2) is 28.7 Å². The van der Waals surface area contributed by atoms with Gasteiger partial charge in [-0.25, -0.2) is 0 Å². The second-order valence-electron chi connectivity index (χ2n) is 4.36. The van der Waals surface area contributed by atoms with Crippen molar-refractivity contribution in [2.75, 3.05) is 6.67 Å². The van der Waals surface area contributed by atoms with Crippen molar-refractivity contribution in [3.63, 3.8) is 0 Å². The predicted molar refractivity (Wildman–Crippen MR) is 64.8 cm³/mol. The molecule has 1 aliphatic rings. The highest BCUT2D eigenvalue weighted by molar-refractivity contribution is 9.10. The van der Waals surface area contributed by atoms with Crippen molar-refractivity contribution < 1.29 is 4.39 Å². The minimum absolute atomic E-state index is 0.126. The Bertz CT molecular complexity index is 301. The van der Waals surface area contributed by atoms with Crippen molar-refractivity contribution in [2.24, 2.45) is 5.92 Å². The summed E-state index contributed by atoms with van der Waals surface area (Å²) >= 11 is 3.41. The van der Waals surface area contributed by atoms with E-state index in [9.17, 15) is 4.39 Å². The summed E-state index contributed by atoms with van der Waals surface area (Å²) in [5.74, 6) is 0.691. The maximum atomic E-state index is 13.1. The highest BCUT2D eigenvalue weighted by Gasteiger charge is 2.26. The Labute approximate surface area is 99.0 Å². The molecule has 1 unspecified atom stereocenters. The smallest absolute Gasteiger partial charge is 0.0965 e. The Morgan fingerprint density at radius 3 is 2.33 bits per heavy atom. The van der Waals surface area contributed by atoms with E-state index in [0.717, 1.165) is 10.0 Å². The van der Waals surface area contributed by atoms with Crippen LogP contribution in [0.2, 0.25) is 0 Å². The SMILES string of the molecule is FCC(c1ccc(Br)cc1)C1CCCC1. The molecule has 0 aromatic heterocycles. The van der Waals surface area contributed by atoms with Crippen LogP contribution in [0.3, 0.4) is 0 Å². The van der Waals surface area contributed by atoms with Crippen molar-refractivity contribution in [1.82, 2.24) is 0 Å². The van der Waals surface area contributed by atoms with Gasteiger partial charge >= 0.3 is 0 Å². The van der Waals surface area contributed by atoms with Crippen molar-refractivity contribution in [2.45, 2.75) is 31.6 Å². The average Bonchev–Trinajstić information content (AvgIpc) is 2.75. The van der Waals surface area contributed by atoms with Crippen LogP contribution in [0.25, 0.3) is 0 Å². The van der Waals surface area contributed by atoms with Gasteiger partial charge in [-0.1, -0.05) is 40.9 Å². The first-order chi connectivity index (χ1) is 7.31. The largest absolute Gasteiger partial charge is 0.250 e. The zero-order chi connectivity index (χ0) is 10.7. The highest BCUT2D eigenvalue weighted by atomic mass is 79.9. The van der Waals surface area contributed by atoms with Gasteiger partial charge in [-0.05, 0) is 36.5 Å². The van der Waals surface area contributed by atoms with Gasteiger partial charge < -0.3 is 0 Å². The summed E-state index contributed by atoms with van der Waals surface area (Å²) < 4.78 is 14.1. The number of benzene rings is 1. The molecule has 0 amide bonds. The number of hydrogen-bond donors (Lipinski definition) is 0. The van der Waals surface area contributed by atoms with E-state index >= 15 is 0 Å². The third-order valence-corrected chi connectivity index (χ3v) is 3.96. The molecule has 1 aromatic rings. The lowest BCUT2D eigenvalue weighted by atomic mass is 9.86. The van der Waals surface area contributed by atoms with Gasteiger partial charge in [0.2, 0.25) is 0 Å². The van der Waals surface area contributed by atoms with Gasteiger partial charge in [0, 0.05) is 10.4 Å². The van der Waals surface area contributed by atoms with Gasteiger partial charge in [0.1, 0.15) is 0 Å². The number of hydrogen-bond acceptors (Lipinski definition) is 0. The fourth-order valence-corrected chi connectivity index (χ4v) is 2.82. The van der Waals surface area contributed by atoms with Gasteiger partial charge in [0.25, 0.3) is 0 Å². The Morgan fingerprint density at radius 1 is 1.20 bits per heavy atom. The van der Waals surface area contributed by atoms with Crippen LogP contribution >= 0.6 is 15.9 Å². The molecule has 0 N–H and O–H groups in total. The quantitative estimate of drug-likeness (QED) is 0.748. The second kappa shape index (κ2) is 5.11. The molecule has 1 aromatic carbocycles. The summed E-state index contributed by atoms with van der Waals surface area (Å²) in [5, 5.41) is 0. The summed E-state index contributed by atoms with van der Waals surface area (Å²) in [6, 6.07) is 8.11. The van der Waals surface area contributed by atoms with E-state index in [1.165, 1.54) is 25.7 Å². The van der Waals surface area contributed by atoms with E-state index < -0.39 is 0 Å². The average molecular weight is 271 g/mol. The molecule has 1 saturated carbocycles.